The summed E-state index contributed by atoms with van der Waals surface area (Å²) < 4.78 is 0. The lowest BCUT2D eigenvalue weighted by atomic mass is 9.89. The highest BCUT2D eigenvalue weighted by Gasteiger charge is 2.41. The molecule has 0 radical (unpaired) electrons. The largest absolute Gasteiger partial charge is 0.396 e. The van der Waals surface area contributed by atoms with Gasteiger partial charge in [-0.15, -0.1) is 0 Å². The van der Waals surface area contributed by atoms with E-state index in [1.54, 1.807) is 6.92 Å². The van der Waals surface area contributed by atoms with Crippen molar-refractivity contribution < 1.29 is 9.90 Å². The van der Waals surface area contributed by atoms with E-state index in [0.29, 0.717) is 0 Å². The van der Waals surface area contributed by atoms with Gasteiger partial charge in [-0.25, -0.2) is 0 Å². The van der Waals surface area contributed by atoms with E-state index in [0.717, 1.165) is 0 Å². The van der Waals surface area contributed by atoms with Crippen molar-refractivity contribution >= 4 is 5.91 Å². The molecule has 1 fully saturated rings. The topological polar surface area (TPSA) is 98.1 Å². The molecule has 1 saturated heterocycles. The van der Waals surface area contributed by atoms with Crippen LogP contribution >= 0.6 is 0 Å². The summed E-state index contributed by atoms with van der Waals surface area (Å²) in [6.45, 7) is 1.76. The van der Waals surface area contributed by atoms with Crippen molar-refractivity contribution in [1.82, 2.24) is 5.32 Å². The Kier molecular flexibility index (Phi) is 2.52. The molecule has 66 valence electrons. The Hall–Kier alpha value is -1.26. The first-order valence-corrected chi connectivity index (χ1v) is 3.66. The molecule has 0 bridgehead atoms. The van der Waals surface area contributed by atoms with Gasteiger partial charge in [0, 0.05) is 17.4 Å². The van der Waals surface area contributed by atoms with E-state index in [1.165, 1.54) is 0 Å². The van der Waals surface area contributed by atoms with Crippen LogP contribution in [-0.2, 0) is 4.79 Å². The molecule has 1 aliphatic rings. The fourth-order valence-corrected chi connectivity index (χ4v) is 1.14. The molecule has 2 N–H and O–H groups in total. The molecular formula is C6H10N4O2. The van der Waals surface area contributed by atoms with Crippen LogP contribution in [-0.4, -0.2) is 29.7 Å². The van der Waals surface area contributed by atoms with Gasteiger partial charge in [0.25, 0.3) is 0 Å². The number of aliphatic hydroxyl groups is 1. The van der Waals surface area contributed by atoms with Crippen molar-refractivity contribution in [3.05, 3.63) is 10.4 Å². The molecule has 1 amide bonds. The van der Waals surface area contributed by atoms with Crippen molar-refractivity contribution in [2.45, 2.75) is 19.0 Å². The highest BCUT2D eigenvalue weighted by atomic mass is 16.3. The van der Waals surface area contributed by atoms with Crippen LogP contribution in [0.2, 0.25) is 0 Å². The van der Waals surface area contributed by atoms with Crippen molar-refractivity contribution in [3.8, 4) is 0 Å². The second-order valence-electron chi connectivity index (χ2n) is 2.84. The quantitative estimate of drug-likeness (QED) is 0.265. The SMILES string of the molecule is C[C@H](CO)[C@H]1NC(=O)[C@H]1N=[N+]=[N-]. The average molecular weight is 170 g/mol. The highest BCUT2D eigenvalue weighted by Crippen LogP contribution is 2.18. The van der Waals surface area contributed by atoms with Gasteiger partial charge in [-0.2, -0.15) is 0 Å². The number of hydrogen-bond donors (Lipinski definition) is 2. The van der Waals surface area contributed by atoms with E-state index in [-0.39, 0.29) is 24.5 Å². The highest BCUT2D eigenvalue weighted by molar-refractivity contribution is 5.89. The Bertz CT molecular complexity index is 234. The summed E-state index contributed by atoms with van der Waals surface area (Å²) in [5.74, 6) is -0.337. The minimum atomic E-state index is -0.642. The van der Waals surface area contributed by atoms with Crippen molar-refractivity contribution in [1.29, 1.82) is 0 Å². The third kappa shape index (κ3) is 1.34. The van der Waals surface area contributed by atoms with E-state index in [2.05, 4.69) is 15.3 Å². The van der Waals surface area contributed by atoms with Crippen LogP contribution in [0.1, 0.15) is 6.92 Å². The molecule has 1 rings (SSSR count). The molecule has 3 atom stereocenters. The lowest BCUT2D eigenvalue weighted by Crippen LogP contribution is -2.64. The van der Waals surface area contributed by atoms with Gasteiger partial charge in [0.15, 0.2) is 0 Å². The smallest absolute Gasteiger partial charge is 0.231 e. The fourth-order valence-electron chi connectivity index (χ4n) is 1.14. The molecular weight excluding hydrogens is 160 g/mol. The summed E-state index contributed by atoms with van der Waals surface area (Å²) >= 11 is 0. The molecule has 0 aliphatic carbocycles. The van der Waals surface area contributed by atoms with Gasteiger partial charge >= 0.3 is 0 Å². The lowest BCUT2D eigenvalue weighted by Gasteiger charge is -2.37. The zero-order valence-corrected chi connectivity index (χ0v) is 6.64. The number of nitrogens with one attached hydrogen (secondary N) is 1. The van der Waals surface area contributed by atoms with Crippen LogP contribution in [0.5, 0.6) is 0 Å². The maximum atomic E-state index is 10.8. The Balaban J connectivity index is 2.59. The minimum absolute atomic E-state index is 0.0254. The molecule has 12 heavy (non-hydrogen) atoms. The standard InChI is InChI=1S/C6H10N4O2/c1-3(2-11)4-5(9-10-7)6(12)8-4/h3-5,11H,2H2,1H3,(H,8,12)/t3-,4-,5+/m1/s1. The molecule has 0 unspecified atom stereocenters. The first-order valence-electron chi connectivity index (χ1n) is 3.66. The van der Waals surface area contributed by atoms with Crippen LogP contribution in [0.4, 0.5) is 0 Å². The summed E-state index contributed by atoms with van der Waals surface area (Å²) in [6.07, 6.45) is 0. The van der Waals surface area contributed by atoms with E-state index in [4.69, 9.17) is 10.6 Å². The second kappa shape index (κ2) is 3.42. The van der Waals surface area contributed by atoms with Crippen LogP contribution < -0.4 is 5.32 Å². The third-order valence-electron chi connectivity index (χ3n) is 1.99. The van der Waals surface area contributed by atoms with Crippen molar-refractivity contribution in [2.24, 2.45) is 11.0 Å². The first kappa shape index (κ1) is 8.83. The number of rotatable bonds is 3. The molecule has 6 nitrogen and oxygen atoms in total. The Morgan fingerprint density at radius 3 is 3.00 bits per heavy atom. The van der Waals surface area contributed by atoms with Crippen LogP contribution in [0.15, 0.2) is 5.11 Å². The summed E-state index contributed by atoms with van der Waals surface area (Å²) in [7, 11) is 0. The van der Waals surface area contributed by atoms with Crippen LogP contribution in [0.3, 0.4) is 0 Å². The maximum absolute atomic E-state index is 10.8. The number of carbonyl (C=O) groups is 1. The summed E-state index contributed by atoms with van der Waals surface area (Å²) in [4.78, 5) is 13.4. The van der Waals surface area contributed by atoms with E-state index >= 15 is 0 Å². The van der Waals surface area contributed by atoms with Gasteiger partial charge in [0.1, 0.15) is 6.04 Å². The second-order valence-corrected chi connectivity index (χ2v) is 2.84. The number of hydrogen-bond acceptors (Lipinski definition) is 3. The first-order chi connectivity index (χ1) is 5.70. The molecule has 0 saturated carbocycles. The summed E-state index contributed by atoms with van der Waals surface area (Å²) in [5, 5.41) is 14.6. The van der Waals surface area contributed by atoms with E-state index in [9.17, 15) is 4.79 Å². The molecule has 1 aliphatic heterocycles. The van der Waals surface area contributed by atoms with Crippen LogP contribution in [0, 0.1) is 5.92 Å². The van der Waals surface area contributed by atoms with Gasteiger partial charge in [-0.1, -0.05) is 12.0 Å². The van der Waals surface area contributed by atoms with E-state index in [1.807, 2.05) is 0 Å². The van der Waals surface area contributed by atoms with Gasteiger partial charge in [0.05, 0.1) is 6.04 Å². The average Bonchev–Trinajstić information content (AvgIpc) is 2.09. The monoisotopic (exact) mass is 170 g/mol. The molecule has 0 aromatic rings. The predicted molar refractivity (Wildman–Crippen MR) is 41.1 cm³/mol. The predicted octanol–water partition coefficient (Wildman–Crippen LogP) is -0.208. The van der Waals surface area contributed by atoms with E-state index < -0.39 is 6.04 Å². The number of nitrogens with zero attached hydrogens (tertiary/aromatic N) is 3. The molecule has 1 heterocycles. The Morgan fingerprint density at radius 2 is 2.58 bits per heavy atom. The zero-order chi connectivity index (χ0) is 9.14. The van der Waals surface area contributed by atoms with Crippen molar-refractivity contribution in [2.75, 3.05) is 6.61 Å². The van der Waals surface area contributed by atoms with Gasteiger partial charge < -0.3 is 10.4 Å². The normalized spacial score (nSPS) is 29.7. The lowest BCUT2D eigenvalue weighted by molar-refractivity contribution is -0.131. The number of carbonyl (C=O) groups excluding carboxylic acids is 1. The molecule has 0 aromatic heterocycles. The molecule has 6 heteroatoms. The zero-order valence-electron chi connectivity index (χ0n) is 6.64. The Labute approximate surface area is 69.2 Å². The van der Waals surface area contributed by atoms with Gasteiger partial charge in [-0.3, -0.25) is 4.79 Å². The van der Waals surface area contributed by atoms with Crippen molar-refractivity contribution in [3.63, 3.8) is 0 Å². The fraction of sp³-hybridized carbons (Fsp3) is 0.833. The summed E-state index contributed by atoms with van der Waals surface area (Å²) in [5.41, 5.74) is 8.11. The number of amides is 1. The number of aliphatic hydroxyl groups excluding tert-OH is 1. The molecule has 0 spiro atoms. The number of azide groups is 1. The third-order valence-corrected chi connectivity index (χ3v) is 1.99. The van der Waals surface area contributed by atoms with Crippen LogP contribution in [0.25, 0.3) is 10.4 Å². The maximum Gasteiger partial charge on any atom is 0.231 e. The molecule has 0 aromatic carbocycles. The summed E-state index contributed by atoms with van der Waals surface area (Å²) in [6, 6.07) is -0.851. The minimum Gasteiger partial charge on any atom is -0.396 e. The Morgan fingerprint density at radius 1 is 1.92 bits per heavy atom. The van der Waals surface area contributed by atoms with Gasteiger partial charge in [-0.05, 0) is 5.53 Å². The number of β-lactam (4-membered cyclic amide) rings is 1. The van der Waals surface area contributed by atoms with Gasteiger partial charge in [0.2, 0.25) is 5.91 Å².